The van der Waals surface area contributed by atoms with Crippen LogP contribution < -0.4 is 10.5 Å². The fourth-order valence-corrected chi connectivity index (χ4v) is 5.19. The van der Waals surface area contributed by atoms with Gasteiger partial charge in [0.25, 0.3) is 5.91 Å². The van der Waals surface area contributed by atoms with Crippen LogP contribution in [0.5, 0.6) is 0 Å². The molecule has 3 aromatic heterocycles. The molecule has 0 radical (unpaired) electrons. The van der Waals surface area contributed by atoms with E-state index in [4.69, 9.17) is 4.42 Å². The number of fused-ring (bicyclic) bond motifs is 1. The van der Waals surface area contributed by atoms with Crippen LogP contribution in [0.25, 0.3) is 16.8 Å². The molecule has 0 saturated carbocycles. The molecule has 0 unspecified atom stereocenters. The highest BCUT2D eigenvalue weighted by atomic mass is 79.9. The average Bonchev–Trinajstić information content (AvgIpc) is 3.25. The molecule has 168 valence electrons. The number of halogens is 2. The summed E-state index contributed by atoms with van der Waals surface area (Å²) in [4.78, 5) is 33.5. The molecule has 4 aromatic rings. The van der Waals surface area contributed by atoms with Gasteiger partial charge in [-0.1, -0.05) is 15.9 Å². The Hall–Kier alpha value is -3.05. The van der Waals surface area contributed by atoms with Crippen molar-refractivity contribution in [2.45, 2.75) is 6.92 Å². The Bertz CT molecular complexity index is 1410. The Morgan fingerprint density at radius 1 is 1.03 bits per heavy atom. The number of rotatable bonds is 3. The van der Waals surface area contributed by atoms with E-state index in [0.29, 0.717) is 47.4 Å². The lowest BCUT2D eigenvalue weighted by molar-refractivity contribution is 0.0742. The van der Waals surface area contributed by atoms with Crippen molar-refractivity contribution in [2.24, 2.45) is 0 Å². The fourth-order valence-electron chi connectivity index (χ4n) is 3.85. The molecule has 1 aliphatic heterocycles. The summed E-state index contributed by atoms with van der Waals surface area (Å²) < 4.78 is 8.75. The molecule has 1 aliphatic rings. The summed E-state index contributed by atoms with van der Waals surface area (Å²) in [6.07, 6.45) is 3.55. The minimum Gasteiger partial charge on any atom is -0.421 e. The zero-order valence-electron chi connectivity index (χ0n) is 17.5. The van der Waals surface area contributed by atoms with Crippen molar-refractivity contribution < 1.29 is 9.21 Å². The first-order valence-corrected chi connectivity index (χ1v) is 11.8. The predicted octanol–water partition coefficient (Wildman–Crippen LogP) is 3.56. The Kier molecular flexibility index (Phi) is 5.75. The second-order valence-electron chi connectivity index (χ2n) is 7.63. The molecule has 0 N–H and O–H groups in total. The van der Waals surface area contributed by atoms with Crippen LogP contribution in [0, 0.1) is 6.92 Å². The third-order valence-electron chi connectivity index (χ3n) is 5.58. The number of anilines is 1. The second kappa shape index (κ2) is 8.71. The van der Waals surface area contributed by atoms with Gasteiger partial charge in [0.1, 0.15) is 11.4 Å². The molecule has 1 fully saturated rings. The topological polar surface area (TPSA) is 97.4 Å². The van der Waals surface area contributed by atoms with Gasteiger partial charge in [-0.2, -0.15) is 0 Å². The van der Waals surface area contributed by atoms with Gasteiger partial charge in [-0.05, 0) is 53.2 Å². The van der Waals surface area contributed by atoms with E-state index in [0.717, 1.165) is 16.1 Å². The first-order chi connectivity index (χ1) is 15.9. The summed E-state index contributed by atoms with van der Waals surface area (Å²) in [6, 6.07) is 9.00. The second-order valence-corrected chi connectivity index (χ2v) is 9.40. The number of imidazole rings is 1. The van der Waals surface area contributed by atoms with Crippen molar-refractivity contribution in [1.82, 2.24) is 24.6 Å². The zero-order chi connectivity index (χ0) is 23.1. The van der Waals surface area contributed by atoms with Crippen molar-refractivity contribution in [3.05, 3.63) is 73.5 Å². The summed E-state index contributed by atoms with van der Waals surface area (Å²) in [5.74, 6) is 1.94. The molecule has 1 saturated heterocycles. The Morgan fingerprint density at radius 2 is 1.76 bits per heavy atom. The van der Waals surface area contributed by atoms with Gasteiger partial charge in [0.15, 0.2) is 17.2 Å². The van der Waals surface area contributed by atoms with Crippen molar-refractivity contribution in [1.29, 1.82) is 0 Å². The van der Waals surface area contributed by atoms with Gasteiger partial charge in [-0.25, -0.2) is 9.78 Å². The van der Waals surface area contributed by atoms with E-state index in [9.17, 15) is 9.59 Å². The highest BCUT2D eigenvalue weighted by Crippen LogP contribution is 2.28. The van der Waals surface area contributed by atoms with Crippen molar-refractivity contribution in [3.63, 3.8) is 0 Å². The number of hydrogen-bond donors (Lipinski definition) is 0. The maximum atomic E-state index is 13.1. The van der Waals surface area contributed by atoms with Crippen molar-refractivity contribution in [3.8, 4) is 5.82 Å². The first-order valence-electron chi connectivity index (χ1n) is 10.2. The van der Waals surface area contributed by atoms with Gasteiger partial charge in [0.2, 0.25) is 0 Å². The number of piperazine rings is 1. The molecule has 9 nitrogen and oxygen atoms in total. The number of benzene rings is 1. The van der Waals surface area contributed by atoms with Crippen LogP contribution in [-0.2, 0) is 0 Å². The molecule has 1 amide bonds. The van der Waals surface area contributed by atoms with E-state index in [-0.39, 0.29) is 11.5 Å². The van der Waals surface area contributed by atoms with E-state index in [1.165, 1.54) is 0 Å². The fraction of sp³-hybridized carbons (Fsp3) is 0.227. The number of aromatic nitrogens is 4. The van der Waals surface area contributed by atoms with Gasteiger partial charge >= 0.3 is 5.63 Å². The van der Waals surface area contributed by atoms with E-state index >= 15 is 0 Å². The van der Waals surface area contributed by atoms with Gasteiger partial charge in [0.05, 0.1) is 4.47 Å². The average molecular weight is 574 g/mol. The number of amides is 1. The van der Waals surface area contributed by atoms with Crippen molar-refractivity contribution >= 4 is 54.6 Å². The molecule has 0 aliphatic carbocycles. The third-order valence-corrected chi connectivity index (χ3v) is 6.63. The summed E-state index contributed by atoms with van der Waals surface area (Å²) in [5.41, 5.74) is -0.201. The van der Waals surface area contributed by atoms with Crippen LogP contribution >= 0.6 is 31.9 Å². The lowest BCUT2D eigenvalue weighted by Crippen LogP contribution is -2.49. The largest absolute Gasteiger partial charge is 0.421 e. The lowest BCUT2D eigenvalue weighted by Gasteiger charge is -2.35. The van der Waals surface area contributed by atoms with Crippen LogP contribution in [0.3, 0.4) is 0 Å². The van der Waals surface area contributed by atoms with E-state index < -0.39 is 5.63 Å². The number of nitrogens with zero attached hydrogens (tertiary/aromatic N) is 6. The van der Waals surface area contributed by atoms with E-state index in [2.05, 4.69) is 51.9 Å². The molecule has 0 bridgehead atoms. The maximum Gasteiger partial charge on any atom is 0.349 e. The predicted molar refractivity (Wildman–Crippen MR) is 130 cm³/mol. The maximum absolute atomic E-state index is 13.1. The van der Waals surface area contributed by atoms with Crippen LogP contribution in [0.2, 0.25) is 0 Å². The number of aryl methyl sites for hydroxylation is 1. The van der Waals surface area contributed by atoms with Gasteiger partial charge in [0, 0.05) is 48.4 Å². The minimum absolute atomic E-state index is 0.0285. The number of hydrogen-bond acceptors (Lipinski definition) is 7. The molecule has 33 heavy (non-hydrogen) atoms. The lowest BCUT2D eigenvalue weighted by atomic mass is 10.1. The van der Waals surface area contributed by atoms with Gasteiger partial charge in [-0.15, -0.1) is 10.2 Å². The van der Waals surface area contributed by atoms with Crippen LogP contribution in [-0.4, -0.2) is 56.7 Å². The zero-order valence-corrected chi connectivity index (χ0v) is 20.7. The molecule has 4 heterocycles. The quantitative estimate of drug-likeness (QED) is 0.346. The highest BCUT2D eigenvalue weighted by Gasteiger charge is 2.26. The Morgan fingerprint density at radius 3 is 2.42 bits per heavy atom. The van der Waals surface area contributed by atoms with Crippen LogP contribution in [0.4, 0.5) is 5.82 Å². The first kappa shape index (κ1) is 21.8. The van der Waals surface area contributed by atoms with Crippen LogP contribution in [0.1, 0.15) is 16.2 Å². The van der Waals surface area contributed by atoms with E-state index in [1.54, 1.807) is 23.2 Å². The number of carbonyl (C=O) groups excluding carboxylic acids is 1. The van der Waals surface area contributed by atoms with Crippen molar-refractivity contribution in [2.75, 3.05) is 31.1 Å². The summed E-state index contributed by atoms with van der Waals surface area (Å²) in [6.45, 7) is 3.99. The Balaban J connectivity index is 1.30. The molecule has 0 spiro atoms. The third kappa shape index (κ3) is 4.18. The number of carbonyl (C=O) groups is 1. The summed E-state index contributed by atoms with van der Waals surface area (Å²) >= 11 is 6.81. The summed E-state index contributed by atoms with van der Waals surface area (Å²) in [7, 11) is 0. The van der Waals surface area contributed by atoms with E-state index in [1.807, 2.05) is 35.9 Å². The molecule has 1 aromatic carbocycles. The van der Waals surface area contributed by atoms with Crippen LogP contribution in [0.15, 0.2) is 60.9 Å². The molecule has 0 atom stereocenters. The highest BCUT2D eigenvalue weighted by molar-refractivity contribution is 9.11. The standard InChI is InChI=1S/C22H18Br2N6O3/c1-13-25-4-5-30(13)19-3-2-18(26-27-19)28-6-8-29(9-7-28)21(31)16-11-14-10-15(23)12-17(24)20(14)33-22(16)32/h2-5,10-12H,6-9H2,1H3. The molecule has 11 heteroatoms. The minimum atomic E-state index is -0.644. The van der Waals surface area contributed by atoms with Gasteiger partial charge in [-0.3, -0.25) is 9.36 Å². The molecule has 5 rings (SSSR count). The normalized spacial score (nSPS) is 14.2. The smallest absolute Gasteiger partial charge is 0.349 e. The molecular weight excluding hydrogens is 556 g/mol. The molecular formula is C22H18Br2N6O3. The monoisotopic (exact) mass is 572 g/mol. The SMILES string of the molecule is Cc1nccn1-c1ccc(N2CCN(C(=O)c3cc4cc(Br)cc(Br)c4oc3=O)CC2)nn1. The van der Waals surface area contributed by atoms with Gasteiger partial charge < -0.3 is 14.2 Å². The Labute approximate surface area is 205 Å². The summed E-state index contributed by atoms with van der Waals surface area (Å²) in [5, 5.41) is 9.31.